The monoisotopic (exact) mass is 370 g/mol. The van der Waals surface area contributed by atoms with Crippen molar-refractivity contribution in [3.05, 3.63) is 58.4 Å². The Bertz CT molecular complexity index is 955. The summed E-state index contributed by atoms with van der Waals surface area (Å²) in [5.41, 5.74) is 3.71. The zero-order valence-electron chi connectivity index (χ0n) is 14.8. The first-order valence-electron chi connectivity index (χ1n) is 8.44. The molecule has 0 N–H and O–H groups in total. The number of carbonyl (C=O) groups is 1. The summed E-state index contributed by atoms with van der Waals surface area (Å²) >= 11 is 3.29. The average molecular weight is 371 g/mol. The molecule has 1 amide bonds. The number of hydrogen-bond donors (Lipinski definition) is 0. The topological polar surface area (TPSA) is 34.4 Å². The first kappa shape index (κ1) is 18.0. The van der Waals surface area contributed by atoms with Crippen LogP contribution in [0.3, 0.4) is 0 Å². The van der Waals surface area contributed by atoms with Crippen LogP contribution < -0.4 is 4.80 Å². The molecule has 0 aliphatic heterocycles. The summed E-state index contributed by atoms with van der Waals surface area (Å²) in [4.78, 5) is 18.7. The Labute approximate surface area is 156 Å². The standard InChI is InChI=1S/C20H22N2OS2/c1-4-22-17-12-14(2)15(3)13-18(17)25-20(22)21-19(23)10-11-24-16-8-6-5-7-9-16/h5-9,12-13H,4,10-11H2,1-3H3. The van der Waals surface area contributed by atoms with Gasteiger partial charge >= 0.3 is 0 Å². The molecule has 1 aromatic heterocycles. The molecule has 3 nitrogen and oxygen atoms in total. The summed E-state index contributed by atoms with van der Waals surface area (Å²) < 4.78 is 3.32. The second kappa shape index (κ2) is 8.02. The Morgan fingerprint density at radius 2 is 1.88 bits per heavy atom. The van der Waals surface area contributed by atoms with E-state index in [1.165, 1.54) is 26.2 Å². The van der Waals surface area contributed by atoms with Gasteiger partial charge in [0.25, 0.3) is 0 Å². The minimum atomic E-state index is -0.0503. The van der Waals surface area contributed by atoms with Crippen molar-refractivity contribution < 1.29 is 4.79 Å². The summed E-state index contributed by atoms with van der Waals surface area (Å²) in [5, 5.41) is 0. The number of carbonyl (C=O) groups excluding carboxylic acids is 1. The third-order valence-corrected chi connectivity index (χ3v) is 6.22. The molecule has 0 radical (unpaired) electrons. The average Bonchev–Trinajstić information content (AvgIpc) is 2.92. The molecule has 0 atom stereocenters. The van der Waals surface area contributed by atoms with E-state index in [-0.39, 0.29) is 5.91 Å². The lowest BCUT2D eigenvalue weighted by Gasteiger charge is -2.03. The molecule has 1 heterocycles. The molecule has 0 fully saturated rings. The van der Waals surface area contributed by atoms with Crippen molar-refractivity contribution >= 4 is 39.2 Å². The fourth-order valence-corrected chi connectivity index (χ4v) is 4.70. The molecule has 0 aliphatic carbocycles. The molecule has 0 aliphatic rings. The van der Waals surface area contributed by atoms with E-state index in [1.54, 1.807) is 23.1 Å². The van der Waals surface area contributed by atoms with Gasteiger partial charge in [0.05, 0.1) is 10.2 Å². The maximum Gasteiger partial charge on any atom is 0.249 e. The summed E-state index contributed by atoms with van der Waals surface area (Å²) in [5.74, 6) is 0.701. The molecular formula is C20H22N2OS2. The van der Waals surface area contributed by atoms with Crippen molar-refractivity contribution in [2.24, 2.45) is 4.99 Å². The molecule has 0 unspecified atom stereocenters. The highest BCUT2D eigenvalue weighted by molar-refractivity contribution is 7.99. The van der Waals surface area contributed by atoms with Crippen LogP contribution in [-0.4, -0.2) is 16.2 Å². The minimum Gasteiger partial charge on any atom is -0.317 e. The molecule has 3 rings (SSSR count). The van der Waals surface area contributed by atoms with Crippen molar-refractivity contribution in [1.82, 2.24) is 4.57 Å². The van der Waals surface area contributed by atoms with Crippen molar-refractivity contribution in [2.75, 3.05) is 5.75 Å². The van der Waals surface area contributed by atoms with Crippen molar-refractivity contribution in [3.63, 3.8) is 0 Å². The van der Waals surface area contributed by atoms with Gasteiger partial charge in [-0.3, -0.25) is 4.79 Å². The summed E-state index contributed by atoms with van der Waals surface area (Å²) in [6.45, 7) is 7.15. The molecule has 25 heavy (non-hydrogen) atoms. The van der Waals surface area contributed by atoms with Gasteiger partial charge in [-0.15, -0.1) is 11.8 Å². The number of aromatic nitrogens is 1. The van der Waals surface area contributed by atoms with Gasteiger partial charge in [-0.05, 0) is 56.2 Å². The molecule has 0 bridgehead atoms. The number of nitrogens with zero attached hydrogens (tertiary/aromatic N) is 2. The second-order valence-corrected chi connectivity index (χ2v) is 8.13. The SMILES string of the molecule is CCn1c(=NC(=O)CCSc2ccccc2)sc2cc(C)c(C)cc21. The molecule has 5 heteroatoms. The van der Waals surface area contributed by atoms with Crippen LogP contribution in [0.15, 0.2) is 52.4 Å². The number of thioether (sulfide) groups is 1. The van der Waals surface area contributed by atoms with Gasteiger partial charge in [0, 0.05) is 23.6 Å². The zero-order chi connectivity index (χ0) is 17.8. The fraction of sp³-hybridized carbons (Fsp3) is 0.300. The van der Waals surface area contributed by atoms with E-state index in [9.17, 15) is 4.79 Å². The van der Waals surface area contributed by atoms with E-state index in [2.05, 4.69) is 54.6 Å². The van der Waals surface area contributed by atoms with E-state index in [0.29, 0.717) is 6.42 Å². The Hall–Kier alpha value is -1.85. The highest BCUT2D eigenvalue weighted by atomic mass is 32.2. The van der Waals surface area contributed by atoms with Crippen molar-refractivity contribution in [1.29, 1.82) is 0 Å². The Morgan fingerprint density at radius 3 is 2.60 bits per heavy atom. The predicted molar refractivity (Wildman–Crippen MR) is 107 cm³/mol. The maximum atomic E-state index is 12.3. The van der Waals surface area contributed by atoms with Crippen LogP contribution in [-0.2, 0) is 11.3 Å². The van der Waals surface area contributed by atoms with Gasteiger partial charge in [-0.1, -0.05) is 29.5 Å². The van der Waals surface area contributed by atoms with Crippen LogP contribution in [0, 0.1) is 13.8 Å². The molecular weight excluding hydrogens is 348 g/mol. The van der Waals surface area contributed by atoms with Crippen LogP contribution in [0.1, 0.15) is 24.5 Å². The molecule has 0 spiro atoms. The molecule has 3 aromatic rings. The van der Waals surface area contributed by atoms with Gasteiger partial charge < -0.3 is 4.57 Å². The smallest absolute Gasteiger partial charge is 0.249 e. The first-order valence-corrected chi connectivity index (χ1v) is 10.2. The third-order valence-electron chi connectivity index (χ3n) is 4.16. The molecule has 0 saturated heterocycles. The van der Waals surface area contributed by atoms with Gasteiger partial charge in [0.2, 0.25) is 5.91 Å². The number of hydrogen-bond acceptors (Lipinski definition) is 3. The van der Waals surface area contributed by atoms with Gasteiger partial charge in [0.15, 0.2) is 4.80 Å². The lowest BCUT2D eigenvalue weighted by atomic mass is 10.1. The first-order chi connectivity index (χ1) is 12.1. The Balaban J connectivity index is 1.79. The van der Waals surface area contributed by atoms with Crippen LogP contribution in [0.4, 0.5) is 0 Å². The number of amides is 1. The number of thiazole rings is 1. The highest BCUT2D eigenvalue weighted by Gasteiger charge is 2.08. The number of benzene rings is 2. The Kier molecular flexibility index (Phi) is 5.76. The largest absolute Gasteiger partial charge is 0.317 e. The maximum absolute atomic E-state index is 12.3. The van der Waals surface area contributed by atoms with E-state index < -0.39 is 0 Å². The van der Waals surface area contributed by atoms with Gasteiger partial charge in [-0.25, -0.2) is 0 Å². The highest BCUT2D eigenvalue weighted by Crippen LogP contribution is 2.22. The lowest BCUT2D eigenvalue weighted by molar-refractivity contribution is -0.117. The zero-order valence-corrected chi connectivity index (χ0v) is 16.4. The van der Waals surface area contributed by atoms with Crippen molar-refractivity contribution in [2.45, 2.75) is 38.6 Å². The van der Waals surface area contributed by atoms with E-state index in [0.717, 1.165) is 17.1 Å². The van der Waals surface area contributed by atoms with E-state index in [1.807, 2.05) is 18.2 Å². The van der Waals surface area contributed by atoms with Crippen LogP contribution >= 0.6 is 23.1 Å². The van der Waals surface area contributed by atoms with Crippen molar-refractivity contribution in [3.8, 4) is 0 Å². The van der Waals surface area contributed by atoms with E-state index in [4.69, 9.17) is 0 Å². The van der Waals surface area contributed by atoms with E-state index >= 15 is 0 Å². The summed E-state index contributed by atoms with van der Waals surface area (Å²) in [6, 6.07) is 14.5. The molecule has 2 aromatic carbocycles. The lowest BCUT2D eigenvalue weighted by Crippen LogP contribution is -2.16. The van der Waals surface area contributed by atoms with Gasteiger partial charge in [-0.2, -0.15) is 4.99 Å². The summed E-state index contributed by atoms with van der Waals surface area (Å²) in [7, 11) is 0. The quantitative estimate of drug-likeness (QED) is 0.596. The second-order valence-electron chi connectivity index (χ2n) is 5.95. The third kappa shape index (κ3) is 4.22. The van der Waals surface area contributed by atoms with Crippen LogP contribution in [0.5, 0.6) is 0 Å². The normalized spacial score (nSPS) is 12.0. The minimum absolute atomic E-state index is 0.0503. The molecule has 0 saturated carbocycles. The Morgan fingerprint density at radius 1 is 1.16 bits per heavy atom. The number of fused-ring (bicyclic) bond motifs is 1. The van der Waals surface area contributed by atoms with Crippen LogP contribution in [0.25, 0.3) is 10.2 Å². The molecule has 130 valence electrons. The van der Waals surface area contributed by atoms with Gasteiger partial charge in [0.1, 0.15) is 0 Å². The number of aryl methyl sites for hydroxylation is 3. The summed E-state index contributed by atoms with van der Waals surface area (Å²) in [6.07, 6.45) is 0.454. The number of rotatable bonds is 5. The predicted octanol–water partition coefficient (Wildman–Crippen LogP) is 4.95. The fourth-order valence-electron chi connectivity index (χ4n) is 2.65. The van der Waals surface area contributed by atoms with Crippen LogP contribution in [0.2, 0.25) is 0 Å².